The standard InChI is InChI=1S/C14H21BrN2/c1-10-9-11(15)6-7-12(10)17-8-4-5-13(16)14(17,2)3/h6-7,9,13H,4-5,8,16H2,1-3H3. The van der Waals surface area contributed by atoms with Gasteiger partial charge in [-0.1, -0.05) is 15.9 Å². The Balaban J connectivity index is 2.38. The Morgan fingerprint density at radius 1 is 1.41 bits per heavy atom. The molecule has 2 N–H and O–H groups in total. The number of hydrogen-bond donors (Lipinski definition) is 1. The number of benzene rings is 1. The molecule has 1 aliphatic rings. The third-order valence-corrected chi connectivity index (χ3v) is 4.44. The van der Waals surface area contributed by atoms with E-state index in [1.165, 1.54) is 17.7 Å². The second-order valence-electron chi connectivity index (χ2n) is 5.48. The zero-order valence-corrected chi connectivity index (χ0v) is 12.4. The molecule has 1 aliphatic heterocycles. The highest BCUT2D eigenvalue weighted by molar-refractivity contribution is 9.10. The van der Waals surface area contributed by atoms with Crippen LogP contribution in [0.25, 0.3) is 0 Å². The van der Waals surface area contributed by atoms with Crippen LogP contribution in [0.1, 0.15) is 32.3 Å². The summed E-state index contributed by atoms with van der Waals surface area (Å²) >= 11 is 3.52. The Hall–Kier alpha value is -0.540. The van der Waals surface area contributed by atoms with Crippen LogP contribution in [-0.4, -0.2) is 18.1 Å². The van der Waals surface area contributed by atoms with E-state index in [1.54, 1.807) is 0 Å². The Bertz CT molecular complexity index is 415. The minimum atomic E-state index is 0.0385. The first-order valence-electron chi connectivity index (χ1n) is 6.22. The highest BCUT2D eigenvalue weighted by Gasteiger charge is 2.36. The molecule has 2 nitrogen and oxygen atoms in total. The smallest absolute Gasteiger partial charge is 0.0496 e. The van der Waals surface area contributed by atoms with Gasteiger partial charge in [-0.05, 0) is 57.4 Å². The maximum absolute atomic E-state index is 6.27. The highest BCUT2D eigenvalue weighted by atomic mass is 79.9. The summed E-state index contributed by atoms with van der Waals surface area (Å²) in [4.78, 5) is 2.46. The molecule has 1 unspecified atom stereocenters. The summed E-state index contributed by atoms with van der Waals surface area (Å²) in [7, 11) is 0. The molecular weight excluding hydrogens is 276 g/mol. The maximum Gasteiger partial charge on any atom is 0.0496 e. The van der Waals surface area contributed by atoms with Gasteiger partial charge in [0.05, 0.1) is 0 Å². The van der Waals surface area contributed by atoms with E-state index >= 15 is 0 Å². The van der Waals surface area contributed by atoms with Crippen molar-refractivity contribution >= 4 is 21.6 Å². The molecule has 0 bridgehead atoms. The Kier molecular flexibility index (Phi) is 3.50. The molecule has 2 rings (SSSR count). The second kappa shape index (κ2) is 4.62. The van der Waals surface area contributed by atoms with E-state index in [4.69, 9.17) is 5.73 Å². The fraction of sp³-hybridized carbons (Fsp3) is 0.571. The highest BCUT2D eigenvalue weighted by Crippen LogP contribution is 2.34. The summed E-state index contributed by atoms with van der Waals surface area (Å²) in [6.07, 6.45) is 2.30. The average molecular weight is 297 g/mol. The molecule has 0 amide bonds. The number of hydrogen-bond acceptors (Lipinski definition) is 2. The van der Waals surface area contributed by atoms with Gasteiger partial charge in [0.25, 0.3) is 0 Å². The first-order chi connectivity index (χ1) is 7.93. The van der Waals surface area contributed by atoms with Crippen LogP contribution >= 0.6 is 15.9 Å². The summed E-state index contributed by atoms with van der Waals surface area (Å²) in [5, 5.41) is 0. The zero-order valence-electron chi connectivity index (χ0n) is 10.8. The Morgan fingerprint density at radius 2 is 2.12 bits per heavy atom. The average Bonchev–Trinajstić information content (AvgIpc) is 2.23. The van der Waals surface area contributed by atoms with Crippen molar-refractivity contribution in [3.63, 3.8) is 0 Å². The Morgan fingerprint density at radius 3 is 2.76 bits per heavy atom. The van der Waals surface area contributed by atoms with Gasteiger partial charge in [-0.15, -0.1) is 0 Å². The molecule has 1 aromatic rings. The number of aryl methyl sites for hydroxylation is 1. The molecule has 0 aromatic heterocycles. The molecule has 1 fully saturated rings. The van der Waals surface area contributed by atoms with Gasteiger partial charge in [0.2, 0.25) is 0 Å². The van der Waals surface area contributed by atoms with Crippen LogP contribution in [-0.2, 0) is 0 Å². The molecular formula is C14H21BrN2. The van der Waals surface area contributed by atoms with Crippen molar-refractivity contribution in [2.45, 2.75) is 45.2 Å². The van der Waals surface area contributed by atoms with Crippen molar-refractivity contribution < 1.29 is 0 Å². The van der Waals surface area contributed by atoms with Gasteiger partial charge in [-0.2, -0.15) is 0 Å². The van der Waals surface area contributed by atoms with Crippen LogP contribution in [0.3, 0.4) is 0 Å². The number of rotatable bonds is 1. The summed E-state index contributed by atoms with van der Waals surface area (Å²) in [6.45, 7) is 7.76. The molecule has 3 heteroatoms. The summed E-state index contributed by atoms with van der Waals surface area (Å²) in [5.74, 6) is 0. The number of nitrogens with two attached hydrogens (primary N) is 1. The van der Waals surface area contributed by atoms with Crippen molar-refractivity contribution in [2.75, 3.05) is 11.4 Å². The van der Waals surface area contributed by atoms with Crippen LogP contribution in [0, 0.1) is 6.92 Å². The normalized spacial score (nSPS) is 23.8. The first kappa shape index (κ1) is 12.9. The predicted octanol–water partition coefficient (Wildman–Crippen LogP) is 3.46. The molecule has 0 radical (unpaired) electrons. The second-order valence-corrected chi connectivity index (χ2v) is 6.40. The fourth-order valence-corrected chi connectivity index (χ4v) is 3.14. The Labute approximate surface area is 112 Å². The molecule has 17 heavy (non-hydrogen) atoms. The molecule has 1 heterocycles. The minimum absolute atomic E-state index is 0.0385. The SMILES string of the molecule is Cc1cc(Br)ccc1N1CCCC(N)C1(C)C. The third kappa shape index (κ3) is 2.36. The van der Waals surface area contributed by atoms with E-state index in [0.717, 1.165) is 17.4 Å². The monoisotopic (exact) mass is 296 g/mol. The number of piperidine rings is 1. The molecule has 0 spiro atoms. The van der Waals surface area contributed by atoms with Gasteiger partial charge < -0.3 is 10.6 Å². The van der Waals surface area contributed by atoms with E-state index in [9.17, 15) is 0 Å². The fourth-order valence-electron chi connectivity index (χ4n) is 2.66. The van der Waals surface area contributed by atoms with Crippen LogP contribution in [0.2, 0.25) is 0 Å². The van der Waals surface area contributed by atoms with Crippen molar-refractivity contribution in [1.29, 1.82) is 0 Å². The van der Waals surface area contributed by atoms with E-state index in [2.05, 4.69) is 59.8 Å². The lowest BCUT2D eigenvalue weighted by atomic mass is 9.85. The number of anilines is 1. The summed E-state index contributed by atoms with van der Waals surface area (Å²) < 4.78 is 1.14. The molecule has 1 saturated heterocycles. The number of nitrogens with zero attached hydrogens (tertiary/aromatic N) is 1. The lowest BCUT2D eigenvalue weighted by molar-refractivity contribution is 0.309. The van der Waals surface area contributed by atoms with Crippen LogP contribution < -0.4 is 10.6 Å². The van der Waals surface area contributed by atoms with Crippen LogP contribution in [0.4, 0.5) is 5.69 Å². The number of halogens is 1. The first-order valence-corrected chi connectivity index (χ1v) is 7.01. The van der Waals surface area contributed by atoms with Gasteiger partial charge >= 0.3 is 0 Å². The predicted molar refractivity (Wildman–Crippen MR) is 77.5 cm³/mol. The lowest BCUT2D eigenvalue weighted by Gasteiger charge is -2.48. The van der Waals surface area contributed by atoms with E-state index in [-0.39, 0.29) is 11.6 Å². The van der Waals surface area contributed by atoms with Crippen molar-refractivity contribution in [3.05, 3.63) is 28.2 Å². The van der Waals surface area contributed by atoms with E-state index < -0.39 is 0 Å². The van der Waals surface area contributed by atoms with Gasteiger partial charge in [0.1, 0.15) is 0 Å². The molecule has 0 aliphatic carbocycles. The van der Waals surface area contributed by atoms with Crippen LogP contribution in [0.5, 0.6) is 0 Å². The van der Waals surface area contributed by atoms with E-state index in [0.29, 0.717) is 0 Å². The van der Waals surface area contributed by atoms with Gasteiger partial charge in [0.15, 0.2) is 0 Å². The quantitative estimate of drug-likeness (QED) is 0.860. The lowest BCUT2D eigenvalue weighted by Crippen LogP contribution is -2.60. The van der Waals surface area contributed by atoms with Crippen LogP contribution in [0.15, 0.2) is 22.7 Å². The third-order valence-electron chi connectivity index (χ3n) is 3.95. The van der Waals surface area contributed by atoms with E-state index in [1.807, 2.05) is 0 Å². The van der Waals surface area contributed by atoms with Gasteiger partial charge in [0, 0.05) is 28.3 Å². The maximum atomic E-state index is 6.27. The van der Waals surface area contributed by atoms with Gasteiger partial charge in [-0.3, -0.25) is 0 Å². The molecule has 0 saturated carbocycles. The minimum Gasteiger partial charge on any atom is -0.365 e. The van der Waals surface area contributed by atoms with Crippen molar-refractivity contribution in [3.8, 4) is 0 Å². The van der Waals surface area contributed by atoms with Crippen molar-refractivity contribution in [1.82, 2.24) is 0 Å². The largest absolute Gasteiger partial charge is 0.365 e. The van der Waals surface area contributed by atoms with Crippen molar-refractivity contribution in [2.24, 2.45) is 5.73 Å². The molecule has 1 aromatic carbocycles. The topological polar surface area (TPSA) is 29.3 Å². The molecule has 1 atom stereocenters. The summed E-state index contributed by atoms with van der Waals surface area (Å²) in [5.41, 5.74) is 8.93. The molecule has 94 valence electrons. The van der Waals surface area contributed by atoms with Gasteiger partial charge in [-0.25, -0.2) is 0 Å². The zero-order chi connectivity index (χ0) is 12.6. The summed E-state index contributed by atoms with van der Waals surface area (Å²) in [6, 6.07) is 6.72.